The van der Waals surface area contributed by atoms with Crippen LogP contribution in [0, 0.1) is 0 Å². The van der Waals surface area contributed by atoms with Gasteiger partial charge in [0.05, 0.1) is 0 Å². The molecule has 0 rings (SSSR count). The van der Waals surface area contributed by atoms with E-state index < -0.39 is 10.4 Å². The fourth-order valence-corrected chi connectivity index (χ4v) is 0. The van der Waals surface area contributed by atoms with Crippen LogP contribution in [0.1, 0.15) is 2.85 Å². The van der Waals surface area contributed by atoms with E-state index in [2.05, 4.69) is 5.90 Å². The molecule has 0 aromatic heterocycles. The predicted molar refractivity (Wildman–Crippen MR) is 32.7 cm³/mol. The van der Waals surface area contributed by atoms with Crippen LogP contribution in [0.3, 0.4) is 0 Å². The summed E-state index contributed by atoms with van der Waals surface area (Å²) in [4.78, 5) is 0. The average molecular weight is 260 g/mol. The molecule has 0 aliphatic heterocycles. The zero-order chi connectivity index (χ0) is 6.50. The van der Waals surface area contributed by atoms with Gasteiger partial charge < -0.3 is 8.06 Å². The topological polar surface area (TPSA) is 121 Å². The van der Waals surface area contributed by atoms with Gasteiger partial charge in [0.1, 0.15) is 0 Å². The van der Waals surface area contributed by atoms with Crippen molar-refractivity contribution in [3.63, 3.8) is 0 Å². The number of nitrogens with two attached hydrogens (primary N) is 1. The van der Waals surface area contributed by atoms with E-state index in [0.717, 1.165) is 0 Å². The van der Waals surface area contributed by atoms with Crippen LogP contribution in [0.25, 0.3) is 0 Å². The van der Waals surface area contributed by atoms with Crippen LogP contribution in [-0.2, 0) is 10.4 Å². The quantitative estimate of drug-likeness (QED) is 0.195. The Balaban J connectivity index is -0.00000000671. The Morgan fingerprint density at radius 3 is 1.10 bits per heavy atom. The van der Waals surface area contributed by atoms with Gasteiger partial charge in [0.25, 0.3) is 0 Å². The average Bonchev–Trinajstić information content (AvgIpc) is 1.36. The minimum absolute atomic E-state index is 0. The first-order chi connectivity index (χ1) is 3.00. The molecule has 0 aliphatic carbocycles. The summed E-state index contributed by atoms with van der Waals surface area (Å²) in [6, 6.07) is 0. The van der Waals surface area contributed by atoms with E-state index in [4.69, 9.17) is 22.7 Å². The van der Waals surface area contributed by atoms with Crippen molar-refractivity contribution in [1.29, 1.82) is 0 Å². The SMILES string of the molecule is Br.NO.O=S(=O)(O)O.[H-].[H-].[Na+].[Na+]. The fraction of sp³-hybridized carbons (Fsp3) is 0. The maximum Gasteiger partial charge on any atom is 1.00 e. The summed E-state index contributed by atoms with van der Waals surface area (Å²) in [5.41, 5.74) is 0. The third-order valence-electron chi connectivity index (χ3n) is 0. The first-order valence-corrected chi connectivity index (χ1v) is 2.35. The van der Waals surface area contributed by atoms with E-state index in [9.17, 15) is 0 Å². The predicted octanol–water partition coefficient (Wildman–Crippen LogP) is -6.51. The molecule has 0 spiro atoms. The Morgan fingerprint density at radius 2 is 1.10 bits per heavy atom. The van der Waals surface area contributed by atoms with Gasteiger partial charge in [0.2, 0.25) is 0 Å². The molecule has 5 N–H and O–H groups in total. The number of hydrogen-bond acceptors (Lipinski definition) is 4. The molecule has 0 aromatic carbocycles. The van der Waals surface area contributed by atoms with Crippen molar-refractivity contribution in [3.8, 4) is 0 Å². The van der Waals surface area contributed by atoms with E-state index in [1.165, 1.54) is 0 Å². The third-order valence-corrected chi connectivity index (χ3v) is 0. The zero-order valence-corrected chi connectivity index (χ0v) is 12.1. The van der Waals surface area contributed by atoms with E-state index in [1.807, 2.05) is 0 Å². The van der Waals surface area contributed by atoms with Gasteiger partial charge in [0.15, 0.2) is 0 Å². The van der Waals surface area contributed by atoms with E-state index in [1.54, 1.807) is 0 Å². The molecule has 0 unspecified atom stereocenters. The summed E-state index contributed by atoms with van der Waals surface area (Å²) >= 11 is 0. The van der Waals surface area contributed by atoms with Gasteiger partial charge in [-0.25, -0.2) is 5.90 Å². The van der Waals surface area contributed by atoms with Gasteiger partial charge in [-0.05, 0) is 0 Å². The number of halogens is 1. The van der Waals surface area contributed by atoms with Crippen LogP contribution in [0.15, 0.2) is 0 Å². The van der Waals surface area contributed by atoms with Crippen LogP contribution in [0.2, 0.25) is 0 Å². The zero-order valence-electron chi connectivity index (χ0n) is 7.55. The van der Waals surface area contributed by atoms with Crippen molar-refractivity contribution in [2.45, 2.75) is 0 Å². The molecule has 6 nitrogen and oxygen atoms in total. The molecule has 0 saturated carbocycles. The van der Waals surface area contributed by atoms with Gasteiger partial charge in [-0.2, -0.15) is 8.42 Å². The van der Waals surface area contributed by atoms with Crippen LogP contribution < -0.4 is 65.0 Å². The molecule has 0 bridgehead atoms. The summed E-state index contributed by atoms with van der Waals surface area (Å²) in [5.74, 6) is 3.50. The maximum absolute atomic E-state index is 8.74. The Labute approximate surface area is 116 Å². The van der Waals surface area contributed by atoms with Gasteiger partial charge in [-0.3, -0.25) is 9.11 Å². The Morgan fingerprint density at radius 1 is 1.10 bits per heavy atom. The molecular formula is H8BrNNa2O5S. The molecule has 0 fully saturated rings. The van der Waals surface area contributed by atoms with Gasteiger partial charge in [-0.15, -0.1) is 17.0 Å². The molecule has 0 saturated heterocycles. The molecule has 0 aliphatic rings. The van der Waals surface area contributed by atoms with Gasteiger partial charge in [0, 0.05) is 0 Å². The molecule has 0 heterocycles. The van der Waals surface area contributed by atoms with E-state index in [0.29, 0.717) is 0 Å². The van der Waals surface area contributed by atoms with Crippen molar-refractivity contribution >= 4 is 27.4 Å². The molecule has 10 heteroatoms. The first kappa shape index (κ1) is 29.5. The second kappa shape index (κ2) is 17.4. The summed E-state index contributed by atoms with van der Waals surface area (Å²) in [6.07, 6.45) is 0. The van der Waals surface area contributed by atoms with Crippen molar-refractivity contribution < 1.29 is 84.7 Å². The van der Waals surface area contributed by atoms with E-state index >= 15 is 0 Å². The standard InChI is InChI=1S/BrH.H3NO.2Na.H2O4S.2H/c;1-2;;;1-5(2,3)4;;/h1H;2H,1H2;;;(H2,1,2,3,4);;/q;;2*+1;;2*-1. The van der Waals surface area contributed by atoms with E-state index in [-0.39, 0.29) is 78.9 Å². The molecular weight excluding hydrogens is 252 g/mol. The molecule has 10 heavy (non-hydrogen) atoms. The number of rotatable bonds is 0. The number of hydrogen-bond donors (Lipinski definition) is 4. The Bertz CT molecular complexity index is 111. The minimum atomic E-state index is -4.67. The largest absolute Gasteiger partial charge is 1.00 e. The molecule has 0 radical (unpaired) electrons. The summed E-state index contributed by atoms with van der Waals surface area (Å²) in [6.45, 7) is 0. The molecule has 0 amide bonds. The maximum atomic E-state index is 8.74. The van der Waals surface area contributed by atoms with Crippen LogP contribution in [0.4, 0.5) is 0 Å². The summed E-state index contributed by atoms with van der Waals surface area (Å²) in [5, 5.41) is 6.50. The minimum Gasteiger partial charge on any atom is -1.00 e. The van der Waals surface area contributed by atoms with Crippen LogP contribution >= 0.6 is 17.0 Å². The summed E-state index contributed by atoms with van der Waals surface area (Å²) in [7, 11) is -4.67. The molecule has 0 aromatic rings. The fourth-order valence-electron chi connectivity index (χ4n) is 0. The Hall–Kier alpha value is 2.27. The van der Waals surface area contributed by atoms with Crippen LogP contribution in [0.5, 0.6) is 0 Å². The van der Waals surface area contributed by atoms with Gasteiger partial charge >= 0.3 is 69.5 Å². The monoisotopic (exact) mass is 259 g/mol. The van der Waals surface area contributed by atoms with Crippen molar-refractivity contribution in [3.05, 3.63) is 0 Å². The smallest absolute Gasteiger partial charge is 1.00 e. The Kier molecular flexibility index (Phi) is 51.2. The van der Waals surface area contributed by atoms with Crippen LogP contribution in [-0.4, -0.2) is 22.7 Å². The molecule has 58 valence electrons. The molecule has 0 atom stereocenters. The van der Waals surface area contributed by atoms with Crippen molar-refractivity contribution in [1.82, 2.24) is 0 Å². The normalized spacial score (nSPS) is 6.40. The summed E-state index contributed by atoms with van der Waals surface area (Å²) < 4.78 is 31.6. The first-order valence-electron chi connectivity index (χ1n) is 0.957. The van der Waals surface area contributed by atoms with Crippen molar-refractivity contribution in [2.24, 2.45) is 5.90 Å². The van der Waals surface area contributed by atoms with Crippen molar-refractivity contribution in [2.75, 3.05) is 0 Å². The second-order valence-electron chi connectivity index (χ2n) is 0.448. The van der Waals surface area contributed by atoms with Gasteiger partial charge in [-0.1, -0.05) is 0 Å². The second-order valence-corrected chi connectivity index (χ2v) is 1.34. The third kappa shape index (κ3) is 171.